The standard InChI is InChI=1S/C28H40F2O2/c1-3-5-7-9-11-15-27-16-19-28(20-17-27,21-18-27)22-13-14-23(26(30)25(22)29)32-24(31)12-10-8-6-4-2/h10,12-14H,3-9,11,15-21H2,1-2H3/b12-10+. The zero-order chi connectivity index (χ0) is 23.0. The van der Waals surface area contributed by atoms with Gasteiger partial charge in [0.2, 0.25) is 5.82 Å². The van der Waals surface area contributed by atoms with Crippen molar-refractivity contribution in [2.75, 3.05) is 0 Å². The summed E-state index contributed by atoms with van der Waals surface area (Å²) in [6, 6.07) is 3.09. The monoisotopic (exact) mass is 446 g/mol. The lowest BCUT2D eigenvalue weighted by Gasteiger charge is -2.54. The van der Waals surface area contributed by atoms with Crippen LogP contribution in [0.4, 0.5) is 8.78 Å². The fourth-order valence-corrected chi connectivity index (χ4v) is 5.81. The molecule has 0 saturated heterocycles. The SMILES string of the molecule is CCCC/C=C/C(=O)Oc1ccc(C23CCC(CCCCCCC)(CC2)CC3)c(F)c1F. The van der Waals surface area contributed by atoms with Crippen LogP contribution in [0.1, 0.15) is 116 Å². The van der Waals surface area contributed by atoms with E-state index >= 15 is 4.39 Å². The van der Waals surface area contributed by atoms with Crippen molar-refractivity contribution in [1.82, 2.24) is 0 Å². The van der Waals surface area contributed by atoms with Crippen LogP contribution in [0.15, 0.2) is 24.3 Å². The van der Waals surface area contributed by atoms with Gasteiger partial charge in [-0.25, -0.2) is 9.18 Å². The fraction of sp³-hybridized carbons (Fsp3) is 0.679. The van der Waals surface area contributed by atoms with Gasteiger partial charge in [0.25, 0.3) is 0 Å². The fourth-order valence-electron chi connectivity index (χ4n) is 5.81. The molecule has 2 nitrogen and oxygen atoms in total. The van der Waals surface area contributed by atoms with Crippen molar-refractivity contribution in [2.45, 2.75) is 116 Å². The lowest BCUT2D eigenvalue weighted by Crippen LogP contribution is -2.44. The molecule has 0 amide bonds. The molecular formula is C28H40F2O2. The van der Waals surface area contributed by atoms with Crippen LogP contribution in [0.25, 0.3) is 0 Å². The number of benzene rings is 1. The highest BCUT2D eigenvalue weighted by Gasteiger charge is 2.50. The molecule has 0 unspecified atom stereocenters. The van der Waals surface area contributed by atoms with E-state index in [-0.39, 0.29) is 11.2 Å². The molecule has 0 atom stereocenters. The Morgan fingerprint density at radius 2 is 1.56 bits per heavy atom. The lowest BCUT2D eigenvalue weighted by molar-refractivity contribution is -0.129. The van der Waals surface area contributed by atoms with Gasteiger partial charge in [-0.15, -0.1) is 0 Å². The van der Waals surface area contributed by atoms with Crippen molar-refractivity contribution in [2.24, 2.45) is 5.41 Å². The minimum atomic E-state index is -1.04. The van der Waals surface area contributed by atoms with E-state index < -0.39 is 17.6 Å². The zero-order valence-electron chi connectivity index (χ0n) is 20.0. The number of carbonyl (C=O) groups is 1. The summed E-state index contributed by atoms with van der Waals surface area (Å²) in [6.45, 7) is 4.31. The summed E-state index contributed by atoms with van der Waals surface area (Å²) in [6.07, 6.45) is 19.7. The van der Waals surface area contributed by atoms with Crippen LogP contribution in [0.3, 0.4) is 0 Å². The summed E-state index contributed by atoms with van der Waals surface area (Å²) in [5.74, 6) is -2.85. The van der Waals surface area contributed by atoms with E-state index in [0.717, 1.165) is 57.8 Å². The number of carbonyl (C=O) groups excluding carboxylic acids is 1. The first-order chi connectivity index (χ1) is 15.5. The Labute approximate surface area is 192 Å². The average Bonchev–Trinajstić information content (AvgIpc) is 2.81. The lowest BCUT2D eigenvalue weighted by atomic mass is 9.51. The van der Waals surface area contributed by atoms with Crippen LogP contribution in [0.5, 0.6) is 5.75 Å². The van der Waals surface area contributed by atoms with Crippen molar-refractivity contribution in [3.05, 3.63) is 41.5 Å². The molecule has 1 aromatic carbocycles. The van der Waals surface area contributed by atoms with Crippen molar-refractivity contribution in [3.63, 3.8) is 0 Å². The van der Waals surface area contributed by atoms with Crippen molar-refractivity contribution < 1.29 is 18.3 Å². The third kappa shape index (κ3) is 5.80. The largest absolute Gasteiger partial charge is 0.420 e. The maximum Gasteiger partial charge on any atom is 0.335 e. The molecule has 4 rings (SSSR count). The number of halogens is 2. The number of unbranched alkanes of at least 4 members (excludes halogenated alkanes) is 6. The van der Waals surface area contributed by atoms with Crippen LogP contribution in [-0.2, 0) is 10.2 Å². The van der Waals surface area contributed by atoms with E-state index in [1.807, 2.05) is 0 Å². The van der Waals surface area contributed by atoms with E-state index in [9.17, 15) is 9.18 Å². The normalized spacial score (nSPS) is 24.9. The number of hydrogen-bond donors (Lipinski definition) is 0. The Morgan fingerprint density at radius 3 is 2.22 bits per heavy atom. The zero-order valence-corrected chi connectivity index (χ0v) is 20.0. The summed E-state index contributed by atoms with van der Waals surface area (Å²) in [7, 11) is 0. The highest BCUT2D eigenvalue weighted by molar-refractivity contribution is 5.84. The van der Waals surface area contributed by atoms with Gasteiger partial charge >= 0.3 is 5.97 Å². The maximum atomic E-state index is 15.1. The molecule has 0 aliphatic heterocycles. The van der Waals surface area contributed by atoms with Gasteiger partial charge in [-0.1, -0.05) is 70.9 Å². The molecule has 1 aromatic rings. The van der Waals surface area contributed by atoms with Crippen LogP contribution in [0, 0.1) is 17.0 Å². The Kier molecular flexibility index (Phi) is 8.90. The van der Waals surface area contributed by atoms with Crippen LogP contribution < -0.4 is 4.74 Å². The topological polar surface area (TPSA) is 26.3 Å². The third-order valence-corrected chi connectivity index (χ3v) is 8.02. The molecule has 3 saturated carbocycles. The first kappa shape index (κ1) is 24.9. The molecule has 3 fully saturated rings. The maximum absolute atomic E-state index is 15.1. The van der Waals surface area contributed by atoms with Crippen LogP contribution in [0.2, 0.25) is 0 Å². The van der Waals surface area contributed by atoms with E-state index in [1.54, 1.807) is 12.1 Å². The molecule has 3 aliphatic rings. The second kappa shape index (κ2) is 11.4. The molecule has 0 N–H and O–H groups in total. The molecule has 0 radical (unpaired) electrons. The van der Waals surface area contributed by atoms with Gasteiger partial charge < -0.3 is 4.74 Å². The number of ether oxygens (including phenoxy) is 1. The van der Waals surface area contributed by atoms with E-state index in [0.29, 0.717) is 11.0 Å². The Hall–Kier alpha value is -1.71. The molecule has 4 heteroatoms. The first-order valence-electron chi connectivity index (χ1n) is 12.8. The summed E-state index contributed by atoms with van der Waals surface area (Å²) in [5.41, 5.74) is 0.629. The van der Waals surface area contributed by atoms with Gasteiger partial charge in [0.05, 0.1) is 0 Å². The highest BCUT2D eigenvalue weighted by Crippen LogP contribution is 2.60. The van der Waals surface area contributed by atoms with Crippen molar-refractivity contribution in [3.8, 4) is 5.75 Å². The van der Waals surface area contributed by atoms with Crippen LogP contribution >= 0.6 is 0 Å². The van der Waals surface area contributed by atoms with E-state index in [1.165, 1.54) is 50.7 Å². The Morgan fingerprint density at radius 1 is 0.906 bits per heavy atom. The predicted octanol–water partition coefficient (Wildman–Crippen LogP) is 8.57. The third-order valence-electron chi connectivity index (χ3n) is 8.02. The molecule has 0 heterocycles. The highest BCUT2D eigenvalue weighted by atomic mass is 19.2. The smallest absolute Gasteiger partial charge is 0.335 e. The summed E-state index contributed by atoms with van der Waals surface area (Å²) in [4.78, 5) is 11.9. The summed E-state index contributed by atoms with van der Waals surface area (Å²) >= 11 is 0. The van der Waals surface area contributed by atoms with Gasteiger partial charge in [0.15, 0.2) is 11.6 Å². The Bertz CT molecular complexity index is 774. The molecule has 2 bridgehead atoms. The van der Waals surface area contributed by atoms with Crippen LogP contribution in [-0.4, -0.2) is 5.97 Å². The second-order valence-corrected chi connectivity index (χ2v) is 10.1. The number of allylic oxidation sites excluding steroid dienone is 1. The Balaban J connectivity index is 1.61. The summed E-state index contributed by atoms with van der Waals surface area (Å²) in [5, 5.41) is 0. The van der Waals surface area contributed by atoms with Gasteiger partial charge in [-0.05, 0) is 73.8 Å². The number of esters is 1. The molecule has 178 valence electrons. The molecular weight excluding hydrogens is 406 g/mol. The predicted molar refractivity (Wildman–Crippen MR) is 126 cm³/mol. The minimum absolute atomic E-state index is 0.266. The molecule has 32 heavy (non-hydrogen) atoms. The van der Waals surface area contributed by atoms with Crippen molar-refractivity contribution >= 4 is 5.97 Å². The van der Waals surface area contributed by atoms with Gasteiger partial charge in [0, 0.05) is 6.08 Å². The minimum Gasteiger partial charge on any atom is -0.420 e. The van der Waals surface area contributed by atoms with E-state index in [4.69, 9.17) is 4.74 Å². The van der Waals surface area contributed by atoms with Gasteiger partial charge in [-0.2, -0.15) is 4.39 Å². The molecule has 0 spiro atoms. The number of hydrogen-bond acceptors (Lipinski definition) is 2. The average molecular weight is 447 g/mol. The molecule has 0 aromatic heterocycles. The number of rotatable bonds is 12. The van der Waals surface area contributed by atoms with Crippen molar-refractivity contribution in [1.29, 1.82) is 0 Å². The molecule has 3 aliphatic carbocycles. The summed E-state index contributed by atoms with van der Waals surface area (Å²) < 4.78 is 35.0. The van der Waals surface area contributed by atoms with Gasteiger partial charge in [0.1, 0.15) is 0 Å². The van der Waals surface area contributed by atoms with Gasteiger partial charge in [-0.3, -0.25) is 0 Å². The van der Waals surface area contributed by atoms with E-state index in [2.05, 4.69) is 13.8 Å². The first-order valence-corrected chi connectivity index (χ1v) is 12.8. The quantitative estimate of drug-likeness (QED) is 0.139. The number of fused-ring (bicyclic) bond motifs is 3. The second-order valence-electron chi connectivity index (χ2n) is 10.1.